The Morgan fingerprint density at radius 3 is 2.17 bits per heavy atom. The third-order valence-corrected chi connectivity index (χ3v) is 6.37. The minimum absolute atomic E-state index is 0.0409. The van der Waals surface area contributed by atoms with Crippen LogP contribution in [0, 0.1) is 0 Å². The van der Waals surface area contributed by atoms with Gasteiger partial charge in [-0.2, -0.15) is 13.1 Å². The SMILES string of the molecule is O=C(/C=C/c1ccc(OC(F)F)cc1)N1CCN(S(=O)(=O)c2ccccc2)CC1. The molecule has 0 atom stereocenters. The van der Waals surface area contributed by atoms with Gasteiger partial charge < -0.3 is 9.64 Å². The molecule has 2 aromatic rings. The largest absolute Gasteiger partial charge is 0.435 e. The van der Waals surface area contributed by atoms with E-state index in [9.17, 15) is 22.0 Å². The number of sulfonamides is 1. The van der Waals surface area contributed by atoms with E-state index in [1.165, 1.54) is 22.5 Å². The average molecular weight is 422 g/mol. The summed E-state index contributed by atoms with van der Waals surface area (Å²) in [5, 5.41) is 0. The third kappa shape index (κ3) is 5.39. The fourth-order valence-corrected chi connectivity index (χ4v) is 4.37. The first-order valence-electron chi connectivity index (χ1n) is 8.93. The van der Waals surface area contributed by atoms with Crippen molar-refractivity contribution in [3.8, 4) is 5.75 Å². The van der Waals surface area contributed by atoms with Crippen molar-refractivity contribution in [3.63, 3.8) is 0 Å². The van der Waals surface area contributed by atoms with Gasteiger partial charge in [0.15, 0.2) is 0 Å². The maximum atomic E-state index is 12.6. The molecule has 0 saturated carbocycles. The minimum atomic E-state index is -3.57. The van der Waals surface area contributed by atoms with Crippen LogP contribution in [0.25, 0.3) is 6.08 Å². The van der Waals surface area contributed by atoms with Gasteiger partial charge in [0.25, 0.3) is 0 Å². The molecule has 0 radical (unpaired) electrons. The summed E-state index contributed by atoms with van der Waals surface area (Å²) in [5.74, 6) is -0.200. The van der Waals surface area contributed by atoms with Gasteiger partial charge in [0.05, 0.1) is 4.90 Å². The molecule has 1 amide bonds. The molecule has 154 valence electrons. The highest BCUT2D eigenvalue weighted by Crippen LogP contribution is 2.18. The second-order valence-electron chi connectivity index (χ2n) is 6.32. The number of benzene rings is 2. The second-order valence-corrected chi connectivity index (χ2v) is 8.26. The van der Waals surface area contributed by atoms with Crippen molar-refractivity contribution in [3.05, 3.63) is 66.2 Å². The van der Waals surface area contributed by atoms with Crippen LogP contribution >= 0.6 is 0 Å². The first-order valence-corrected chi connectivity index (χ1v) is 10.4. The summed E-state index contributed by atoms with van der Waals surface area (Å²) < 4.78 is 55.2. The van der Waals surface area contributed by atoms with Gasteiger partial charge in [-0.05, 0) is 35.9 Å². The van der Waals surface area contributed by atoms with Crippen LogP contribution in [0.4, 0.5) is 8.78 Å². The lowest BCUT2D eigenvalue weighted by molar-refractivity contribution is -0.127. The molecular weight excluding hydrogens is 402 g/mol. The van der Waals surface area contributed by atoms with Gasteiger partial charge in [0, 0.05) is 32.3 Å². The molecule has 1 saturated heterocycles. The van der Waals surface area contributed by atoms with Crippen LogP contribution in [-0.4, -0.2) is 56.3 Å². The van der Waals surface area contributed by atoms with E-state index in [2.05, 4.69) is 4.74 Å². The minimum Gasteiger partial charge on any atom is -0.435 e. The smallest absolute Gasteiger partial charge is 0.387 e. The zero-order chi connectivity index (χ0) is 20.9. The van der Waals surface area contributed by atoms with Crippen LogP contribution in [-0.2, 0) is 14.8 Å². The number of carbonyl (C=O) groups excluding carboxylic acids is 1. The maximum Gasteiger partial charge on any atom is 0.387 e. The summed E-state index contributed by atoms with van der Waals surface area (Å²) >= 11 is 0. The number of nitrogens with zero attached hydrogens (tertiary/aromatic N) is 2. The molecule has 29 heavy (non-hydrogen) atoms. The topological polar surface area (TPSA) is 66.9 Å². The Hall–Kier alpha value is -2.78. The number of carbonyl (C=O) groups is 1. The standard InChI is InChI=1S/C20H20F2N2O4S/c21-20(22)28-17-9-6-16(7-10-17)8-11-19(25)23-12-14-24(15-13-23)29(26,27)18-4-2-1-3-5-18/h1-11,20H,12-15H2/b11-8+. The lowest BCUT2D eigenvalue weighted by Crippen LogP contribution is -2.50. The van der Waals surface area contributed by atoms with Crippen molar-refractivity contribution < 1.29 is 26.7 Å². The molecule has 6 nitrogen and oxygen atoms in total. The van der Waals surface area contributed by atoms with Gasteiger partial charge in [-0.1, -0.05) is 30.3 Å². The van der Waals surface area contributed by atoms with Gasteiger partial charge in [-0.3, -0.25) is 4.79 Å². The van der Waals surface area contributed by atoms with E-state index in [4.69, 9.17) is 0 Å². The summed E-state index contributed by atoms with van der Waals surface area (Å²) in [5.41, 5.74) is 0.658. The van der Waals surface area contributed by atoms with Crippen LogP contribution in [0.3, 0.4) is 0 Å². The number of piperazine rings is 1. The van der Waals surface area contributed by atoms with Gasteiger partial charge >= 0.3 is 6.61 Å². The molecule has 0 bridgehead atoms. The van der Waals surface area contributed by atoms with E-state index >= 15 is 0 Å². The highest BCUT2D eigenvalue weighted by molar-refractivity contribution is 7.89. The zero-order valence-electron chi connectivity index (χ0n) is 15.4. The van der Waals surface area contributed by atoms with E-state index in [1.807, 2.05) is 0 Å². The number of hydrogen-bond donors (Lipinski definition) is 0. The lowest BCUT2D eigenvalue weighted by atomic mass is 10.2. The Morgan fingerprint density at radius 2 is 1.59 bits per heavy atom. The predicted octanol–water partition coefficient (Wildman–Crippen LogP) is 2.83. The van der Waals surface area contributed by atoms with Crippen molar-refractivity contribution in [1.29, 1.82) is 0 Å². The summed E-state index contributed by atoms with van der Waals surface area (Å²) in [4.78, 5) is 14.2. The normalized spacial score (nSPS) is 15.8. The lowest BCUT2D eigenvalue weighted by Gasteiger charge is -2.33. The van der Waals surface area contributed by atoms with Crippen molar-refractivity contribution in [2.45, 2.75) is 11.5 Å². The molecule has 0 aromatic heterocycles. The molecule has 3 rings (SSSR count). The van der Waals surface area contributed by atoms with E-state index in [0.717, 1.165) is 0 Å². The predicted molar refractivity (Wildman–Crippen MR) is 104 cm³/mol. The fraction of sp³-hybridized carbons (Fsp3) is 0.250. The Morgan fingerprint density at radius 1 is 0.966 bits per heavy atom. The quantitative estimate of drug-likeness (QED) is 0.672. The number of hydrogen-bond acceptors (Lipinski definition) is 4. The van der Waals surface area contributed by atoms with E-state index in [1.54, 1.807) is 53.4 Å². The van der Waals surface area contributed by atoms with Gasteiger partial charge in [-0.25, -0.2) is 8.42 Å². The molecular formula is C20H20F2N2O4S. The van der Waals surface area contributed by atoms with Crippen LogP contribution in [0.15, 0.2) is 65.6 Å². The number of ether oxygens (including phenoxy) is 1. The van der Waals surface area contributed by atoms with Crippen LogP contribution in [0.2, 0.25) is 0 Å². The Bertz CT molecular complexity index is 956. The van der Waals surface area contributed by atoms with Gasteiger partial charge in [0.1, 0.15) is 5.75 Å². The molecule has 1 aliphatic heterocycles. The summed E-state index contributed by atoms with van der Waals surface area (Å²) in [6.45, 7) is -1.87. The van der Waals surface area contributed by atoms with Crippen LogP contribution in [0.1, 0.15) is 5.56 Å². The zero-order valence-corrected chi connectivity index (χ0v) is 16.3. The molecule has 9 heteroatoms. The summed E-state index contributed by atoms with van der Waals surface area (Å²) in [6, 6.07) is 14.1. The molecule has 2 aromatic carbocycles. The summed E-state index contributed by atoms with van der Waals surface area (Å²) in [7, 11) is -3.57. The monoisotopic (exact) mass is 422 g/mol. The van der Waals surface area contributed by atoms with E-state index in [-0.39, 0.29) is 42.7 Å². The number of halogens is 2. The van der Waals surface area contributed by atoms with Gasteiger partial charge in [0.2, 0.25) is 15.9 Å². The Kier molecular flexibility index (Phi) is 6.60. The maximum absolute atomic E-state index is 12.6. The van der Waals surface area contributed by atoms with Crippen LogP contribution < -0.4 is 4.74 Å². The number of rotatable bonds is 6. The van der Waals surface area contributed by atoms with E-state index < -0.39 is 16.6 Å². The molecule has 0 unspecified atom stereocenters. The van der Waals surface area contributed by atoms with Crippen molar-refractivity contribution in [2.75, 3.05) is 26.2 Å². The average Bonchev–Trinajstić information content (AvgIpc) is 2.73. The second kappa shape index (κ2) is 9.15. The summed E-state index contributed by atoms with van der Waals surface area (Å²) in [6.07, 6.45) is 2.95. The van der Waals surface area contributed by atoms with Crippen LogP contribution in [0.5, 0.6) is 5.75 Å². The highest BCUT2D eigenvalue weighted by Gasteiger charge is 2.29. The van der Waals surface area contributed by atoms with Crippen molar-refractivity contribution in [1.82, 2.24) is 9.21 Å². The molecule has 0 N–H and O–H groups in total. The number of amides is 1. The van der Waals surface area contributed by atoms with Crippen molar-refractivity contribution >= 4 is 22.0 Å². The first-order chi connectivity index (χ1) is 13.9. The Labute approximate surface area is 168 Å². The third-order valence-electron chi connectivity index (χ3n) is 4.45. The fourth-order valence-electron chi connectivity index (χ4n) is 2.92. The number of alkyl halides is 2. The molecule has 0 spiro atoms. The van der Waals surface area contributed by atoms with Crippen molar-refractivity contribution in [2.24, 2.45) is 0 Å². The first kappa shape index (κ1) is 20.9. The Balaban J connectivity index is 1.55. The van der Waals surface area contributed by atoms with E-state index in [0.29, 0.717) is 5.56 Å². The van der Waals surface area contributed by atoms with Gasteiger partial charge in [-0.15, -0.1) is 0 Å². The molecule has 0 aliphatic carbocycles. The molecule has 1 heterocycles. The highest BCUT2D eigenvalue weighted by atomic mass is 32.2. The molecule has 1 aliphatic rings. The molecule has 1 fully saturated rings.